The third-order valence-electron chi connectivity index (χ3n) is 6.19. The van der Waals surface area contributed by atoms with Crippen LogP contribution in [0.1, 0.15) is 56.7 Å². The minimum Gasteiger partial charge on any atom is -0.342 e. The predicted molar refractivity (Wildman–Crippen MR) is 110 cm³/mol. The summed E-state index contributed by atoms with van der Waals surface area (Å²) in [5.41, 5.74) is 1.59. The molecule has 0 amide bonds. The van der Waals surface area contributed by atoms with Gasteiger partial charge in [-0.3, -0.25) is 9.36 Å². The maximum absolute atomic E-state index is 12.1. The van der Waals surface area contributed by atoms with Gasteiger partial charge in [-0.1, -0.05) is 19.8 Å². The molecule has 1 atom stereocenters. The van der Waals surface area contributed by atoms with E-state index >= 15 is 0 Å². The lowest BCUT2D eigenvalue weighted by molar-refractivity contribution is 0.468. The van der Waals surface area contributed by atoms with E-state index in [1.54, 1.807) is 23.9 Å². The fourth-order valence-electron chi connectivity index (χ4n) is 4.69. The average molecular weight is 391 g/mol. The van der Waals surface area contributed by atoms with Crippen molar-refractivity contribution in [2.24, 2.45) is 7.05 Å². The number of anilines is 1. The number of fused-ring (bicyclic) bond motifs is 3. The Morgan fingerprint density at radius 3 is 2.72 bits per heavy atom. The Bertz CT molecular complexity index is 1130. The minimum atomic E-state index is -0.0696. The second-order valence-corrected chi connectivity index (χ2v) is 7.98. The fourth-order valence-corrected chi connectivity index (χ4v) is 4.69. The van der Waals surface area contributed by atoms with E-state index in [2.05, 4.69) is 31.6 Å². The molecule has 4 heterocycles. The van der Waals surface area contributed by atoms with Crippen LogP contribution in [0.4, 0.5) is 5.82 Å². The van der Waals surface area contributed by atoms with Gasteiger partial charge in [-0.2, -0.15) is 0 Å². The Balaban J connectivity index is 1.71. The molecule has 2 aliphatic rings. The van der Waals surface area contributed by atoms with Crippen molar-refractivity contribution in [1.82, 2.24) is 29.3 Å². The number of aryl methyl sites for hydroxylation is 2. The second kappa shape index (κ2) is 6.79. The summed E-state index contributed by atoms with van der Waals surface area (Å²) in [4.78, 5) is 24.2. The first-order chi connectivity index (χ1) is 14.1. The Hall–Kier alpha value is -3.03. The van der Waals surface area contributed by atoms with Gasteiger partial charge in [0.25, 0.3) is 5.56 Å². The molecular weight excluding hydrogens is 366 g/mol. The average Bonchev–Trinajstić information content (AvgIpc) is 3.39. The zero-order valence-electron chi connectivity index (χ0n) is 17.0. The summed E-state index contributed by atoms with van der Waals surface area (Å²) in [6, 6.07) is 4.06. The lowest BCUT2D eigenvalue weighted by Gasteiger charge is -2.41. The van der Waals surface area contributed by atoms with Gasteiger partial charge in [0.05, 0.1) is 12.2 Å². The number of hydrogen-bond acceptors (Lipinski definition) is 6. The van der Waals surface area contributed by atoms with Crippen molar-refractivity contribution >= 4 is 5.82 Å². The van der Waals surface area contributed by atoms with Crippen LogP contribution in [0.3, 0.4) is 0 Å². The van der Waals surface area contributed by atoms with Gasteiger partial charge in [-0.05, 0) is 32.3 Å². The zero-order valence-corrected chi connectivity index (χ0v) is 17.0. The van der Waals surface area contributed by atoms with Crippen LogP contribution >= 0.6 is 0 Å². The molecule has 1 unspecified atom stereocenters. The second-order valence-electron chi connectivity index (χ2n) is 7.98. The highest BCUT2D eigenvalue weighted by Gasteiger charge is 2.39. The smallest absolute Gasteiger partial charge is 0.250 e. The zero-order chi connectivity index (χ0) is 20.1. The Labute approximate surface area is 169 Å². The van der Waals surface area contributed by atoms with E-state index in [0.717, 1.165) is 48.0 Å². The number of nitrogens with zero attached hydrogens (tertiary/aromatic N) is 7. The van der Waals surface area contributed by atoms with E-state index in [0.29, 0.717) is 11.9 Å². The lowest BCUT2D eigenvalue weighted by Crippen LogP contribution is -2.42. The van der Waals surface area contributed by atoms with Gasteiger partial charge in [-0.25, -0.2) is 9.97 Å². The molecule has 150 valence electrons. The molecule has 0 N–H and O–H groups in total. The molecule has 0 saturated heterocycles. The van der Waals surface area contributed by atoms with Gasteiger partial charge in [0.15, 0.2) is 17.5 Å². The van der Waals surface area contributed by atoms with E-state index in [1.165, 1.54) is 12.8 Å². The number of hydrogen-bond donors (Lipinski definition) is 0. The van der Waals surface area contributed by atoms with E-state index in [9.17, 15) is 4.79 Å². The fraction of sp³-hybridized carbons (Fsp3) is 0.476. The van der Waals surface area contributed by atoms with Gasteiger partial charge < -0.3 is 9.47 Å². The van der Waals surface area contributed by atoms with E-state index in [1.807, 2.05) is 19.2 Å². The van der Waals surface area contributed by atoms with Crippen LogP contribution in [0.2, 0.25) is 0 Å². The van der Waals surface area contributed by atoms with Gasteiger partial charge in [0.1, 0.15) is 11.5 Å². The van der Waals surface area contributed by atoms with Crippen molar-refractivity contribution < 1.29 is 0 Å². The van der Waals surface area contributed by atoms with E-state index in [-0.39, 0.29) is 11.6 Å². The van der Waals surface area contributed by atoms with Crippen LogP contribution in [-0.2, 0) is 7.05 Å². The number of pyridine rings is 1. The van der Waals surface area contributed by atoms with Crippen molar-refractivity contribution in [2.45, 2.75) is 58.0 Å². The SMILES string of the molecule is CCC1c2nnc(C)n2-c2cnc(-c3ccn(C)c(=O)c3)nc2N1C1CCCC1. The highest BCUT2D eigenvalue weighted by molar-refractivity contribution is 5.66. The van der Waals surface area contributed by atoms with Crippen molar-refractivity contribution in [3.05, 3.63) is 46.5 Å². The van der Waals surface area contributed by atoms with Crippen LogP contribution in [-0.4, -0.2) is 35.3 Å². The van der Waals surface area contributed by atoms with Crippen LogP contribution in [0, 0.1) is 6.92 Å². The molecule has 0 spiro atoms. The third-order valence-corrected chi connectivity index (χ3v) is 6.19. The van der Waals surface area contributed by atoms with Crippen molar-refractivity contribution in [1.29, 1.82) is 0 Å². The summed E-state index contributed by atoms with van der Waals surface area (Å²) in [5.74, 6) is 3.31. The largest absolute Gasteiger partial charge is 0.342 e. The van der Waals surface area contributed by atoms with Crippen LogP contribution in [0.5, 0.6) is 0 Å². The third kappa shape index (κ3) is 2.77. The van der Waals surface area contributed by atoms with E-state index < -0.39 is 0 Å². The monoisotopic (exact) mass is 391 g/mol. The summed E-state index contributed by atoms with van der Waals surface area (Å²) in [7, 11) is 1.74. The highest BCUT2D eigenvalue weighted by Crippen LogP contribution is 2.43. The van der Waals surface area contributed by atoms with Gasteiger partial charge in [-0.15, -0.1) is 10.2 Å². The molecule has 3 aromatic heterocycles. The molecule has 1 fully saturated rings. The lowest BCUT2D eigenvalue weighted by atomic mass is 10.0. The summed E-state index contributed by atoms with van der Waals surface area (Å²) < 4.78 is 3.63. The van der Waals surface area contributed by atoms with Crippen LogP contribution in [0.15, 0.2) is 29.3 Å². The molecule has 0 aromatic carbocycles. The first-order valence-electron chi connectivity index (χ1n) is 10.3. The molecule has 5 rings (SSSR count). The maximum atomic E-state index is 12.1. The van der Waals surface area contributed by atoms with E-state index in [4.69, 9.17) is 4.98 Å². The quantitative estimate of drug-likeness (QED) is 0.683. The molecule has 0 radical (unpaired) electrons. The molecule has 29 heavy (non-hydrogen) atoms. The maximum Gasteiger partial charge on any atom is 0.250 e. The Morgan fingerprint density at radius 1 is 1.21 bits per heavy atom. The first kappa shape index (κ1) is 18.0. The van der Waals surface area contributed by atoms with Crippen molar-refractivity contribution in [2.75, 3.05) is 4.90 Å². The molecule has 1 saturated carbocycles. The first-order valence-corrected chi connectivity index (χ1v) is 10.3. The standard InChI is InChI=1S/C21H25N7O/c1-4-16-21-25-24-13(2)27(21)17-12-22-19(14-9-10-26(3)18(29)11-14)23-20(17)28(16)15-7-5-6-8-15/h9-12,15-16H,4-8H2,1-3H3. The Kier molecular flexibility index (Phi) is 4.22. The molecule has 3 aromatic rings. The molecule has 1 aliphatic carbocycles. The highest BCUT2D eigenvalue weighted by atomic mass is 16.1. The summed E-state index contributed by atoms with van der Waals surface area (Å²) >= 11 is 0. The topological polar surface area (TPSA) is 81.7 Å². The summed E-state index contributed by atoms with van der Waals surface area (Å²) in [5, 5.41) is 8.85. The minimum absolute atomic E-state index is 0.0696. The number of aromatic nitrogens is 6. The molecular formula is C21H25N7O. The van der Waals surface area contributed by atoms with Gasteiger partial charge in [0.2, 0.25) is 0 Å². The molecule has 1 aliphatic heterocycles. The van der Waals surface area contributed by atoms with Gasteiger partial charge in [0, 0.05) is 30.9 Å². The summed E-state index contributed by atoms with van der Waals surface area (Å²) in [6.07, 6.45) is 9.34. The molecule has 8 nitrogen and oxygen atoms in total. The van der Waals surface area contributed by atoms with Crippen molar-refractivity contribution in [3.8, 4) is 17.1 Å². The summed E-state index contributed by atoms with van der Waals surface area (Å²) in [6.45, 7) is 4.15. The molecule has 0 bridgehead atoms. The number of rotatable bonds is 3. The van der Waals surface area contributed by atoms with Gasteiger partial charge >= 0.3 is 0 Å². The van der Waals surface area contributed by atoms with Crippen molar-refractivity contribution in [3.63, 3.8) is 0 Å². The van der Waals surface area contributed by atoms with Crippen LogP contribution in [0.25, 0.3) is 17.1 Å². The van der Waals surface area contributed by atoms with Crippen LogP contribution < -0.4 is 10.5 Å². The predicted octanol–water partition coefficient (Wildman–Crippen LogP) is 2.95. The normalized spacial score (nSPS) is 18.7. The molecule has 8 heteroatoms. The Morgan fingerprint density at radius 2 is 2.00 bits per heavy atom.